The van der Waals surface area contributed by atoms with E-state index in [2.05, 4.69) is 5.32 Å². The lowest BCUT2D eigenvalue weighted by Crippen LogP contribution is -2.30. The topological polar surface area (TPSA) is 109 Å². The van der Waals surface area contributed by atoms with Crippen molar-refractivity contribution >= 4 is 35.1 Å². The smallest absolute Gasteiger partial charge is 0.307 e. The van der Waals surface area contributed by atoms with Gasteiger partial charge in [-0.05, 0) is 31.0 Å². The number of nitrogens with one attached hydrogen (secondary N) is 1. The molecular weight excluding hydrogens is 296 g/mol. The van der Waals surface area contributed by atoms with Crippen molar-refractivity contribution in [3.05, 3.63) is 28.8 Å². The molecule has 1 fully saturated rings. The van der Waals surface area contributed by atoms with Crippen molar-refractivity contribution in [1.29, 1.82) is 0 Å². The van der Waals surface area contributed by atoms with E-state index in [0.717, 1.165) is 0 Å². The first-order valence-electron chi connectivity index (χ1n) is 6.53. The molecule has 1 saturated carbocycles. The fourth-order valence-corrected chi connectivity index (χ4v) is 2.73. The van der Waals surface area contributed by atoms with Crippen LogP contribution in [0.2, 0.25) is 5.02 Å². The number of amides is 2. The molecule has 7 heteroatoms. The van der Waals surface area contributed by atoms with E-state index in [-0.39, 0.29) is 16.3 Å². The maximum atomic E-state index is 12.2. The van der Waals surface area contributed by atoms with Crippen LogP contribution in [0.5, 0.6) is 0 Å². The lowest BCUT2D eigenvalue weighted by molar-refractivity contribution is -0.145. The van der Waals surface area contributed by atoms with Crippen molar-refractivity contribution in [2.75, 3.05) is 5.32 Å². The number of halogens is 1. The normalized spacial score (nSPS) is 21.0. The molecule has 2 atom stereocenters. The molecule has 0 unspecified atom stereocenters. The maximum absolute atomic E-state index is 12.2. The van der Waals surface area contributed by atoms with Gasteiger partial charge in [0.1, 0.15) is 0 Å². The molecule has 0 saturated heterocycles. The second-order valence-corrected chi connectivity index (χ2v) is 5.44. The number of nitrogens with two attached hydrogens (primary N) is 1. The second kappa shape index (κ2) is 6.13. The van der Waals surface area contributed by atoms with Gasteiger partial charge in [-0.15, -0.1) is 0 Å². The lowest BCUT2D eigenvalue weighted by atomic mass is 9.95. The van der Waals surface area contributed by atoms with Gasteiger partial charge in [-0.1, -0.05) is 18.0 Å². The zero-order chi connectivity index (χ0) is 15.6. The number of hydrogen-bond donors (Lipinski definition) is 3. The van der Waals surface area contributed by atoms with Crippen LogP contribution in [0.3, 0.4) is 0 Å². The van der Waals surface area contributed by atoms with Gasteiger partial charge in [-0.25, -0.2) is 0 Å². The minimum absolute atomic E-state index is 0.218. The zero-order valence-electron chi connectivity index (χ0n) is 11.1. The number of aliphatic carboxylic acids is 1. The summed E-state index contributed by atoms with van der Waals surface area (Å²) >= 11 is 5.97. The van der Waals surface area contributed by atoms with E-state index < -0.39 is 29.6 Å². The summed E-state index contributed by atoms with van der Waals surface area (Å²) in [7, 11) is 0. The first-order valence-corrected chi connectivity index (χ1v) is 6.91. The highest BCUT2D eigenvalue weighted by Gasteiger charge is 2.37. The van der Waals surface area contributed by atoms with E-state index in [0.29, 0.717) is 19.3 Å². The Morgan fingerprint density at radius 3 is 2.52 bits per heavy atom. The van der Waals surface area contributed by atoms with Gasteiger partial charge in [0.2, 0.25) is 11.8 Å². The first-order chi connectivity index (χ1) is 9.90. The van der Waals surface area contributed by atoms with Gasteiger partial charge in [0, 0.05) is 5.56 Å². The average molecular weight is 311 g/mol. The molecule has 1 aromatic carbocycles. The summed E-state index contributed by atoms with van der Waals surface area (Å²) < 4.78 is 0. The summed E-state index contributed by atoms with van der Waals surface area (Å²) in [4.78, 5) is 34.5. The number of primary amides is 1. The van der Waals surface area contributed by atoms with Crippen LogP contribution in [0.1, 0.15) is 29.6 Å². The van der Waals surface area contributed by atoms with E-state index in [4.69, 9.17) is 22.4 Å². The highest BCUT2D eigenvalue weighted by Crippen LogP contribution is 2.33. The quantitative estimate of drug-likeness (QED) is 0.788. The average Bonchev–Trinajstić information content (AvgIpc) is 2.90. The van der Waals surface area contributed by atoms with Crippen molar-refractivity contribution < 1.29 is 19.5 Å². The van der Waals surface area contributed by atoms with Crippen LogP contribution in [0, 0.1) is 11.8 Å². The second-order valence-electron chi connectivity index (χ2n) is 5.03. The molecule has 112 valence electrons. The molecule has 1 aliphatic carbocycles. The largest absolute Gasteiger partial charge is 0.481 e. The van der Waals surface area contributed by atoms with Crippen LogP contribution < -0.4 is 11.1 Å². The Hall–Kier alpha value is -2.08. The molecule has 0 aromatic heterocycles. The first kappa shape index (κ1) is 15.3. The van der Waals surface area contributed by atoms with E-state index in [1.165, 1.54) is 18.2 Å². The predicted molar refractivity (Wildman–Crippen MR) is 77.1 cm³/mol. The summed E-state index contributed by atoms with van der Waals surface area (Å²) in [5.74, 6) is -3.27. The molecule has 2 rings (SSSR count). The van der Waals surface area contributed by atoms with Crippen LogP contribution in [0.15, 0.2) is 18.2 Å². The Bertz CT molecular complexity index is 603. The lowest BCUT2D eigenvalue weighted by Gasteiger charge is -2.16. The summed E-state index contributed by atoms with van der Waals surface area (Å²) in [5, 5.41) is 12.0. The Kier molecular flexibility index (Phi) is 4.47. The molecule has 0 heterocycles. The number of benzene rings is 1. The molecule has 0 spiro atoms. The van der Waals surface area contributed by atoms with Gasteiger partial charge in [0.15, 0.2) is 0 Å². The summed E-state index contributed by atoms with van der Waals surface area (Å²) in [5.41, 5.74) is 5.65. The van der Waals surface area contributed by atoms with E-state index in [9.17, 15) is 14.4 Å². The van der Waals surface area contributed by atoms with Crippen molar-refractivity contribution in [3.63, 3.8) is 0 Å². The van der Waals surface area contributed by atoms with Gasteiger partial charge in [0.05, 0.1) is 22.5 Å². The molecule has 6 nitrogen and oxygen atoms in total. The molecule has 0 radical (unpaired) electrons. The molecule has 1 aliphatic rings. The van der Waals surface area contributed by atoms with Gasteiger partial charge in [0.25, 0.3) is 0 Å². The highest BCUT2D eigenvalue weighted by atomic mass is 35.5. The summed E-state index contributed by atoms with van der Waals surface area (Å²) in [6.45, 7) is 0. The minimum atomic E-state index is -0.968. The monoisotopic (exact) mass is 310 g/mol. The number of carboxylic acids is 1. The molecule has 1 aromatic rings. The number of carboxylic acid groups (broad SMARTS) is 1. The SMILES string of the molecule is NC(=O)c1ccc(Cl)c(NC(=O)[C@@H]2CCC[C@@H]2C(=O)O)c1. The highest BCUT2D eigenvalue weighted by molar-refractivity contribution is 6.34. The molecule has 0 aliphatic heterocycles. The Labute approximate surface area is 126 Å². The summed E-state index contributed by atoms with van der Waals surface area (Å²) in [6, 6.07) is 4.30. The molecule has 0 bridgehead atoms. The Balaban J connectivity index is 2.18. The van der Waals surface area contributed by atoms with Crippen molar-refractivity contribution in [1.82, 2.24) is 0 Å². The number of carbonyl (C=O) groups excluding carboxylic acids is 2. The number of rotatable bonds is 4. The summed E-state index contributed by atoms with van der Waals surface area (Å²) in [6.07, 6.45) is 1.71. The van der Waals surface area contributed by atoms with E-state index in [1.807, 2.05) is 0 Å². The predicted octanol–water partition coefficient (Wildman–Crippen LogP) is 1.88. The van der Waals surface area contributed by atoms with Gasteiger partial charge < -0.3 is 16.2 Å². The molecule has 2 amide bonds. The van der Waals surface area contributed by atoms with E-state index >= 15 is 0 Å². The zero-order valence-corrected chi connectivity index (χ0v) is 11.9. The van der Waals surface area contributed by atoms with Crippen molar-refractivity contribution in [3.8, 4) is 0 Å². The van der Waals surface area contributed by atoms with Crippen LogP contribution in [0.4, 0.5) is 5.69 Å². The Morgan fingerprint density at radius 2 is 1.90 bits per heavy atom. The molecule has 4 N–H and O–H groups in total. The van der Waals surface area contributed by atoms with Crippen LogP contribution in [0.25, 0.3) is 0 Å². The van der Waals surface area contributed by atoms with Crippen molar-refractivity contribution in [2.24, 2.45) is 17.6 Å². The minimum Gasteiger partial charge on any atom is -0.481 e. The third-order valence-corrected chi connectivity index (χ3v) is 4.01. The van der Waals surface area contributed by atoms with Crippen LogP contribution >= 0.6 is 11.6 Å². The van der Waals surface area contributed by atoms with Gasteiger partial charge in [-0.3, -0.25) is 14.4 Å². The fraction of sp³-hybridized carbons (Fsp3) is 0.357. The molecule has 21 heavy (non-hydrogen) atoms. The van der Waals surface area contributed by atoms with Gasteiger partial charge in [-0.2, -0.15) is 0 Å². The van der Waals surface area contributed by atoms with E-state index in [1.54, 1.807) is 0 Å². The van der Waals surface area contributed by atoms with Crippen LogP contribution in [-0.4, -0.2) is 22.9 Å². The third kappa shape index (κ3) is 3.33. The van der Waals surface area contributed by atoms with Crippen molar-refractivity contribution in [2.45, 2.75) is 19.3 Å². The van der Waals surface area contributed by atoms with Crippen LogP contribution in [-0.2, 0) is 9.59 Å². The number of anilines is 1. The maximum Gasteiger partial charge on any atom is 0.307 e. The standard InChI is InChI=1S/C14H15ClN2O4/c15-10-5-4-7(12(16)18)6-11(10)17-13(19)8-2-1-3-9(8)14(20)21/h4-6,8-9H,1-3H2,(H2,16,18)(H,17,19)(H,20,21)/t8-,9+/m1/s1. The molecular formula is C14H15ClN2O4. The number of carbonyl (C=O) groups is 3. The fourth-order valence-electron chi connectivity index (χ4n) is 2.57. The van der Waals surface area contributed by atoms with Gasteiger partial charge >= 0.3 is 5.97 Å². The Morgan fingerprint density at radius 1 is 1.24 bits per heavy atom. The number of hydrogen-bond acceptors (Lipinski definition) is 3. The third-order valence-electron chi connectivity index (χ3n) is 3.68.